The molecule has 0 heterocycles. The second kappa shape index (κ2) is 6.40. The second-order valence-corrected chi connectivity index (χ2v) is 6.25. The predicted molar refractivity (Wildman–Crippen MR) is 81.9 cm³/mol. The molecule has 0 aliphatic heterocycles. The van der Waals surface area contributed by atoms with Crippen LogP contribution in [0, 0.1) is 13.8 Å². The summed E-state index contributed by atoms with van der Waals surface area (Å²) < 4.78 is 5.52. The summed E-state index contributed by atoms with van der Waals surface area (Å²) >= 11 is 0. The van der Waals surface area contributed by atoms with Gasteiger partial charge in [-0.15, -0.1) is 0 Å². The van der Waals surface area contributed by atoms with E-state index in [1.165, 1.54) is 16.7 Å². The Bertz CT molecular complexity index is 421. The lowest BCUT2D eigenvalue weighted by Gasteiger charge is -2.26. The molecule has 0 aliphatic carbocycles. The van der Waals surface area contributed by atoms with Gasteiger partial charge < -0.3 is 15.4 Å². The van der Waals surface area contributed by atoms with Crippen molar-refractivity contribution in [2.75, 3.05) is 27.2 Å². The SMILES string of the molecule is COc1c(C)cc(C)cc1CCN(C)CC(C)(C)N. The van der Waals surface area contributed by atoms with E-state index in [9.17, 15) is 0 Å². The maximum absolute atomic E-state index is 6.04. The van der Waals surface area contributed by atoms with Crippen molar-refractivity contribution in [3.8, 4) is 5.75 Å². The normalized spacial score (nSPS) is 12.0. The number of nitrogens with zero attached hydrogens (tertiary/aromatic N) is 1. The Morgan fingerprint density at radius 3 is 2.42 bits per heavy atom. The molecule has 0 aliphatic rings. The van der Waals surface area contributed by atoms with Gasteiger partial charge >= 0.3 is 0 Å². The van der Waals surface area contributed by atoms with Crippen molar-refractivity contribution in [3.05, 3.63) is 28.8 Å². The molecule has 3 heteroatoms. The molecule has 0 aromatic heterocycles. The van der Waals surface area contributed by atoms with E-state index in [-0.39, 0.29) is 5.54 Å². The van der Waals surface area contributed by atoms with Crippen LogP contribution in [0.1, 0.15) is 30.5 Å². The van der Waals surface area contributed by atoms with E-state index in [2.05, 4.69) is 51.8 Å². The van der Waals surface area contributed by atoms with Crippen molar-refractivity contribution in [1.29, 1.82) is 0 Å². The van der Waals surface area contributed by atoms with Crippen molar-refractivity contribution >= 4 is 0 Å². The third-order valence-corrected chi connectivity index (χ3v) is 3.14. The average Bonchev–Trinajstić information content (AvgIpc) is 2.23. The Balaban J connectivity index is 2.72. The van der Waals surface area contributed by atoms with Crippen molar-refractivity contribution in [2.24, 2.45) is 5.73 Å². The number of aryl methyl sites for hydroxylation is 2. The first-order valence-electron chi connectivity index (χ1n) is 6.84. The van der Waals surface area contributed by atoms with Gasteiger partial charge in [0.15, 0.2) is 0 Å². The highest BCUT2D eigenvalue weighted by Gasteiger charge is 2.14. The molecule has 0 unspecified atom stereocenters. The molecule has 0 atom stereocenters. The Hall–Kier alpha value is -1.06. The molecule has 1 rings (SSSR count). The summed E-state index contributed by atoms with van der Waals surface area (Å²) in [6.45, 7) is 10.2. The highest BCUT2D eigenvalue weighted by molar-refractivity contribution is 5.43. The molecule has 0 radical (unpaired) electrons. The van der Waals surface area contributed by atoms with E-state index in [1.54, 1.807) is 7.11 Å². The molecular formula is C16H28N2O. The standard InChI is InChI=1S/C16H28N2O/c1-12-9-13(2)15(19-6)14(10-12)7-8-18(5)11-16(3,4)17/h9-10H,7-8,11,17H2,1-6H3. The van der Waals surface area contributed by atoms with Crippen LogP contribution < -0.4 is 10.5 Å². The first kappa shape index (κ1) is 16.0. The minimum atomic E-state index is -0.151. The predicted octanol–water partition coefficient (Wildman–Crippen LogP) is 2.52. The number of benzene rings is 1. The molecular weight excluding hydrogens is 236 g/mol. The number of nitrogens with two attached hydrogens (primary N) is 1. The van der Waals surface area contributed by atoms with Gasteiger partial charge in [-0.2, -0.15) is 0 Å². The van der Waals surface area contributed by atoms with Gasteiger partial charge in [-0.05, 0) is 52.3 Å². The number of rotatable bonds is 6. The fourth-order valence-electron chi connectivity index (χ4n) is 2.61. The van der Waals surface area contributed by atoms with Gasteiger partial charge in [0.05, 0.1) is 7.11 Å². The van der Waals surface area contributed by atoms with Crippen LogP contribution in [-0.4, -0.2) is 37.7 Å². The third kappa shape index (κ3) is 5.21. The summed E-state index contributed by atoms with van der Waals surface area (Å²) in [6.07, 6.45) is 0.984. The van der Waals surface area contributed by atoms with E-state index in [4.69, 9.17) is 10.5 Å². The zero-order valence-corrected chi connectivity index (χ0v) is 13.2. The van der Waals surface area contributed by atoms with E-state index in [0.29, 0.717) is 0 Å². The Labute approximate surface area is 117 Å². The van der Waals surface area contributed by atoms with Crippen LogP contribution in [0.2, 0.25) is 0 Å². The van der Waals surface area contributed by atoms with Crippen molar-refractivity contribution < 1.29 is 4.74 Å². The topological polar surface area (TPSA) is 38.5 Å². The van der Waals surface area contributed by atoms with Gasteiger partial charge in [0.2, 0.25) is 0 Å². The second-order valence-electron chi connectivity index (χ2n) is 6.25. The lowest BCUT2D eigenvalue weighted by Crippen LogP contribution is -2.44. The van der Waals surface area contributed by atoms with Crippen molar-refractivity contribution in [2.45, 2.75) is 39.7 Å². The number of hydrogen-bond donors (Lipinski definition) is 1. The minimum absolute atomic E-state index is 0.151. The summed E-state index contributed by atoms with van der Waals surface area (Å²) in [6, 6.07) is 4.38. The van der Waals surface area contributed by atoms with Crippen molar-refractivity contribution in [3.63, 3.8) is 0 Å². The quantitative estimate of drug-likeness (QED) is 0.858. The van der Waals surface area contributed by atoms with Crippen LogP contribution >= 0.6 is 0 Å². The highest BCUT2D eigenvalue weighted by atomic mass is 16.5. The molecule has 0 saturated carbocycles. The molecule has 0 fully saturated rings. The fourth-order valence-corrected chi connectivity index (χ4v) is 2.61. The molecule has 1 aromatic rings. The molecule has 3 nitrogen and oxygen atoms in total. The Morgan fingerprint density at radius 2 is 1.89 bits per heavy atom. The maximum Gasteiger partial charge on any atom is 0.125 e. The molecule has 0 amide bonds. The van der Waals surface area contributed by atoms with Crippen LogP contribution in [0.25, 0.3) is 0 Å². The van der Waals surface area contributed by atoms with Crippen LogP contribution in [0.3, 0.4) is 0 Å². The van der Waals surface area contributed by atoms with E-state index < -0.39 is 0 Å². The van der Waals surface area contributed by atoms with Gasteiger partial charge in [-0.25, -0.2) is 0 Å². The summed E-state index contributed by atoms with van der Waals surface area (Å²) in [5.41, 5.74) is 9.67. The van der Waals surface area contributed by atoms with Gasteiger partial charge in [-0.1, -0.05) is 17.7 Å². The molecule has 0 bridgehead atoms. The smallest absolute Gasteiger partial charge is 0.125 e. The number of methoxy groups -OCH3 is 1. The number of likely N-dealkylation sites (N-methyl/N-ethyl adjacent to an activating group) is 1. The number of hydrogen-bond acceptors (Lipinski definition) is 3. The largest absolute Gasteiger partial charge is 0.496 e. The summed E-state index contributed by atoms with van der Waals surface area (Å²) in [4.78, 5) is 2.27. The zero-order chi connectivity index (χ0) is 14.6. The van der Waals surface area contributed by atoms with Gasteiger partial charge in [-0.3, -0.25) is 0 Å². The maximum atomic E-state index is 6.04. The van der Waals surface area contributed by atoms with Gasteiger partial charge in [0.25, 0.3) is 0 Å². The molecule has 19 heavy (non-hydrogen) atoms. The van der Waals surface area contributed by atoms with E-state index >= 15 is 0 Å². The van der Waals surface area contributed by atoms with Crippen LogP contribution in [-0.2, 0) is 6.42 Å². The monoisotopic (exact) mass is 264 g/mol. The van der Waals surface area contributed by atoms with Gasteiger partial charge in [0, 0.05) is 18.6 Å². The highest BCUT2D eigenvalue weighted by Crippen LogP contribution is 2.25. The van der Waals surface area contributed by atoms with Crippen LogP contribution in [0.5, 0.6) is 5.75 Å². The summed E-state index contributed by atoms with van der Waals surface area (Å²) in [7, 11) is 3.86. The van der Waals surface area contributed by atoms with E-state index in [0.717, 1.165) is 25.3 Å². The third-order valence-electron chi connectivity index (χ3n) is 3.14. The minimum Gasteiger partial charge on any atom is -0.496 e. The number of ether oxygens (including phenoxy) is 1. The molecule has 108 valence electrons. The van der Waals surface area contributed by atoms with E-state index in [1.807, 2.05) is 0 Å². The molecule has 0 saturated heterocycles. The lowest BCUT2D eigenvalue weighted by molar-refractivity contribution is 0.272. The summed E-state index contributed by atoms with van der Waals surface area (Å²) in [5, 5.41) is 0. The Morgan fingerprint density at radius 1 is 1.26 bits per heavy atom. The fraction of sp³-hybridized carbons (Fsp3) is 0.625. The molecule has 1 aromatic carbocycles. The van der Waals surface area contributed by atoms with Gasteiger partial charge in [0.1, 0.15) is 5.75 Å². The van der Waals surface area contributed by atoms with Crippen molar-refractivity contribution in [1.82, 2.24) is 4.90 Å². The van der Waals surface area contributed by atoms with Crippen LogP contribution in [0.4, 0.5) is 0 Å². The average molecular weight is 264 g/mol. The first-order valence-corrected chi connectivity index (χ1v) is 6.84. The zero-order valence-electron chi connectivity index (χ0n) is 13.2. The summed E-state index contributed by atoms with van der Waals surface area (Å²) in [5.74, 6) is 1.02. The Kier molecular flexibility index (Phi) is 5.39. The molecule has 2 N–H and O–H groups in total. The lowest BCUT2D eigenvalue weighted by atomic mass is 10.0. The molecule has 0 spiro atoms. The first-order chi connectivity index (χ1) is 8.73. The van der Waals surface area contributed by atoms with Crippen LogP contribution in [0.15, 0.2) is 12.1 Å².